The summed E-state index contributed by atoms with van der Waals surface area (Å²) in [4.78, 5) is 18.8. The highest BCUT2D eigenvalue weighted by atomic mass is 32.2. The number of halogens is 1. The predicted octanol–water partition coefficient (Wildman–Crippen LogP) is 4.01. The van der Waals surface area contributed by atoms with Gasteiger partial charge in [0.05, 0.1) is 11.1 Å². The zero-order valence-corrected chi connectivity index (χ0v) is 18.2. The maximum Gasteiger partial charge on any atom is 0.283 e. The third-order valence-corrected chi connectivity index (χ3v) is 7.15. The molecule has 10 heteroatoms. The lowest BCUT2D eigenvalue weighted by Gasteiger charge is -2.11. The van der Waals surface area contributed by atoms with Gasteiger partial charge in [0.25, 0.3) is 15.9 Å². The molecule has 4 rings (SSSR count). The molecule has 1 saturated heterocycles. The standard InChI is InChI=1S/C21H19FN4O3S2/c1-26-12-4-7-19(26)25-31(28,29)15-10-8-14(9-11-15)24-20(27)18-13-23-21(30-18)16-5-2-3-6-17(16)22/h2-3,5-6,8-11,13H,4,7,12H2,1H3,(H,24,27)/b25-19-. The van der Waals surface area contributed by atoms with E-state index < -0.39 is 21.7 Å². The number of hydrogen-bond acceptors (Lipinski definition) is 5. The average molecular weight is 459 g/mol. The molecule has 2 heterocycles. The SMILES string of the molecule is CN1CCC/C1=N/S(=O)(=O)c1ccc(NC(=O)c2cnc(-c3ccccc3F)s2)cc1. The highest BCUT2D eigenvalue weighted by molar-refractivity contribution is 7.90. The lowest BCUT2D eigenvalue weighted by atomic mass is 10.2. The molecule has 160 valence electrons. The molecule has 0 bridgehead atoms. The predicted molar refractivity (Wildman–Crippen MR) is 118 cm³/mol. The lowest BCUT2D eigenvalue weighted by Crippen LogP contribution is -2.20. The number of rotatable bonds is 5. The van der Waals surface area contributed by atoms with Crippen LogP contribution in [0.3, 0.4) is 0 Å². The number of carbonyl (C=O) groups is 1. The van der Waals surface area contributed by atoms with Crippen molar-refractivity contribution in [3.8, 4) is 10.6 Å². The van der Waals surface area contributed by atoms with Crippen molar-refractivity contribution in [3.63, 3.8) is 0 Å². The van der Waals surface area contributed by atoms with E-state index in [4.69, 9.17) is 0 Å². The van der Waals surface area contributed by atoms with E-state index >= 15 is 0 Å². The molecule has 2 aromatic carbocycles. The fraction of sp³-hybridized carbons (Fsp3) is 0.190. The molecule has 0 unspecified atom stereocenters. The Labute approximate surface area is 183 Å². The summed E-state index contributed by atoms with van der Waals surface area (Å²) >= 11 is 1.07. The molecule has 0 atom stereocenters. The first-order valence-electron chi connectivity index (χ1n) is 9.50. The second kappa shape index (κ2) is 8.56. The van der Waals surface area contributed by atoms with Crippen LogP contribution in [-0.4, -0.2) is 43.6 Å². The number of thiazole rings is 1. The van der Waals surface area contributed by atoms with Crippen LogP contribution in [0.15, 0.2) is 64.0 Å². The molecular formula is C21H19FN4O3S2. The molecule has 1 aliphatic heterocycles. The van der Waals surface area contributed by atoms with Gasteiger partial charge in [0.2, 0.25) is 0 Å². The maximum atomic E-state index is 13.9. The molecule has 1 N–H and O–H groups in total. The van der Waals surface area contributed by atoms with Gasteiger partial charge in [-0.1, -0.05) is 12.1 Å². The molecule has 1 aliphatic rings. The van der Waals surface area contributed by atoms with E-state index in [1.54, 1.807) is 18.2 Å². The first-order chi connectivity index (χ1) is 14.8. The maximum absolute atomic E-state index is 13.9. The molecule has 1 fully saturated rings. The summed E-state index contributed by atoms with van der Waals surface area (Å²) in [6, 6.07) is 12.0. The fourth-order valence-corrected chi connectivity index (χ4v) is 5.07. The molecule has 31 heavy (non-hydrogen) atoms. The number of anilines is 1. The van der Waals surface area contributed by atoms with Crippen LogP contribution >= 0.6 is 11.3 Å². The van der Waals surface area contributed by atoms with Gasteiger partial charge >= 0.3 is 0 Å². The van der Waals surface area contributed by atoms with Crippen molar-refractivity contribution < 1.29 is 17.6 Å². The van der Waals surface area contributed by atoms with Crippen molar-refractivity contribution in [1.82, 2.24) is 9.88 Å². The highest BCUT2D eigenvalue weighted by Gasteiger charge is 2.20. The van der Waals surface area contributed by atoms with E-state index in [2.05, 4.69) is 14.7 Å². The van der Waals surface area contributed by atoms with Crippen molar-refractivity contribution in [2.75, 3.05) is 18.9 Å². The number of likely N-dealkylation sites (tertiary alicyclic amines) is 1. The van der Waals surface area contributed by atoms with Crippen LogP contribution in [0.1, 0.15) is 22.5 Å². The Morgan fingerprint density at radius 1 is 1.19 bits per heavy atom. The first kappa shape index (κ1) is 21.1. The van der Waals surface area contributed by atoms with Gasteiger partial charge in [-0.05, 0) is 42.8 Å². The second-order valence-electron chi connectivity index (χ2n) is 7.00. The van der Waals surface area contributed by atoms with Gasteiger partial charge in [-0.25, -0.2) is 9.37 Å². The largest absolute Gasteiger partial charge is 0.362 e. The smallest absolute Gasteiger partial charge is 0.283 e. The van der Waals surface area contributed by atoms with Gasteiger partial charge in [0.15, 0.2) is 0 Å². The summed E-state index contributed by atoms with van der Waals surface area (Å²) in [5.41, 5.74) is 0.756. The van der Waals surface area contributed by atoms with E-state index in [9.17, 15) is 17.6 Å². The molecule has 0 saturated carbocycles. The number of aromatic nitrogens is 1. The van der Waals surface area contributed by atoms with Crippen molar-refractivity contribution in [3.05, 3.63) is 65.4 Å². The van der Waals surface area contributed by atoms with E-state index in [-0.39, 0.29) is 4.90 Å². The lowest BCUT2D eigenvalue weighted by molar-refractivity contribution is 0.103. The molecule has 0 radical (unpaired) electrons. The van der Waals surface area contributed by atoms with Crippen LogP contribution in [0, 0.1) is 5.82 Å². The number of sulfonamides is 1. The molecule has 1 amide bonds. The van der Waals surface area contributed by atoms with E-state index in [0.29, 0.717) is 33.4 Å². The minimum atomic E-state index is -3.82. The summed E-state index contributed by atoms with van der Waals surface area (Å²) in [5.74, 6) is -0.273. The Bertz CT molecular complexity index is 1250. The van der Waals surface area contributed by atoms with Gasteiger partial charge in [0, 0.05) is 31.3 Å². The Morgan fingerprint density at radius 3 is 2.61 bits per heavy atom. The number of carbonyl (C=O) groups excluding carboxylic acids is 1. The Kier molecular flexibility index (Phi) is 5.84. The Hall–Kier alpha value is -3.11. The quantitative estimate of drug-likeness (QED) is 0.624. The van der Waals surface area contributed by atoms with Gasteiger partial charge in [0.1, 0.15) is 21.5 Å². The summed E-state index contributed by atoms with van der Waals surface area (Å²) in [6.45, 7) is 0.787. The summed E-state index contributed by atoms with van der Waals surface area (Å²) in [7, 11) is -2.00. The van der Waals surface area contributed by atoms with Crippen molar-refractivity contribution in [1.29, 1.82) is 0 Å². The van der Waals surface area contributed by atoms with Crippen LogP contribution in [0.5, 0.6) is 0 Å². The van der Waals surface area contributed by atoms with Gasteiger partial charge in [-0.2, -0.15) is 8.42 Å². The molecular weight excluding hydrogens is 439 g/mol. The van der Waals surface area contributed by atoms with Crippen LogP contribution in [-0.2, 0) is 10.0 Å². The van der Waals surface area contributed by atoms with Crippen molar-refractivity contribution in [2.45, 2.75) is 17.7 Å². The average Bonchev–Trinajstić information content (AvgIpc) is 3.38. The number of nitrogens with zero attached hydrogens (tertiary/aromatic N) is 3. The molecule has 1 aromatic heterocycles. The monoisotopic (exact) mass is 458 g/mol. The number of benzene rings is 2. The first-order valence-corrected chi connectivity index (χ1v) is 11.8. The van der Waals surface area contributed by atoms with Crippen LogP contribution in [0.25, 0.3) is 10.6 Å². The van der Waals surface area contributed by atoms with E-state index in [1.807, 2.05) is 11.9 Å². The number of amidine groups is 1. The van der Waals surface area contributed by atoms with E-state index in [0.717, 1.165) is 24.3 Å². The minimum absolute atomic E-state index is 0.0536. The number of hydrogen-bond donors (Lipinski definition) is 1. The third kappa shape index (κ3) is 4.64. The topological polar surface area (TPSA) is 91.7 Å². The van der Waals surface area contributed by atoms with Crippen molar-refractivity contribution >= 4 is 38.8 Å². The van der Waals surface area contributed by atoms with Crippen LogP contribution in [0.4, 0.5) is 10.1 Å². The normalized spacial score (nSPS) is 15.4. The summed E-state index contributed by atoms with van der Waals surface area (Å²) < 4.78 is 42.9. The number of nitrogens with one attached hydrogen (secondary N) is 1. The summed E-state index contributed by atoms with van der Waals surface area (Å²) in [5, 5.41) is 3.10. The molecule has 3 aromatic rings. The van der Waals surface area contributed by atoms with Crippen LogP contribution < -0.4 is 5.32 Å². The minimum Gasteiger partial charge on any atom is -0.362 e. The van der Waals surface area contributed by atoms with Gasteiger partial charge in [-0.15, -0.1) is 15.7 Å². The highest BCUT2D eigenvalue weighted by Crippen LogP contribution is 2.28. The molecule has 0 spiro atoms. The molecule has 0 aliphatic carbocycles. The van der Waals surface area contributed by atoms with Crippen molar-refractivity contribution in [2.24, 2.45) is 4.40 Å². The third-order valence-electron chi connectivity index (χ3n) is 4.80. The van der Waals surface area contributed by atoms with Crippen LogP contribution in [0.2, 0.25) is 0 Å². The number of amides is 1. The Balaban J connectivity index is 1.47. The Morgan fingerprint density at radius 2 is 1.94 bits per heavy atom. The van der Waals surface area contributed by atoms with Gasteiger partial charge in [-0.3, -0.25) is 4.79 Å². The second-order valence-corrected chi connectivity index (χ2v) is 9.63. The summed E-state index contributed by atoms with van der Waals surface area (Å²) in [6.07, 6.45) is 2.90. The molecule has 7 nitrogen and oxygen atoms in total. The fourth-order valence-electron chi connectivity index (χ4n) is 3.14. The van der Waals surface area contributed by atoms with Gasteiger partial charge < -0.3 is 10.2 Å². The zero-order valence-electron chi connectivity index (χ0n) is 16.6. The van der Waals surface area contributed by atoms with E-state index in [1.165, 1.54) is 36.5 Å². The zero-order chi connectivity index (χ0) is 22.0.